The largest absolute Gasteiger partial charge is 0.480 e. The second-order valence-electron chi connectivity index (χ2n) is 4.73. The molecule has 106 valence electrons. The number of hydrogen-bond acceptors (Lipinski definition) is 3. The van der Waals surface area contributed by atoms with E-state index in [2.05, 4.69) is 5.32 Å². The number of carbonyl (C=O) groups is 2. The summed E-state index contributed by atoms with van der Waals surface area (Å²) >= 11 is 0. The highest BCUT2D eigenvalue weighted by molar-refractivity contribution is 5.94. The lowest BCUT2D eigenvalue weighted by atomic mass is 10.1. The van der Waals surface area contributed by atoms with E-state index in [1.165, 1.54) is 11.9 Å². The fourth-order valence-corrected chi connectivity index (χ4v) is 1.64. The van der Waals surface area contributed by atoms with Crippen LogP contribution in [0.15, 0.2) is 24.3 Å². The van der Waals surface area contributed by atoms with Gasteiger partial charge in [0.1, 0.15) is 6.04 Å². The van der Waals surface area contributed by atoms with Crippen molar-refractivity contribution in [3.63, 3.8) is 0 Å². The van der Waals surface area contributed by atoms with Crippen molar-refractivity contribution in [1.82, 2.24) is 5.32 Å². The lowest BCUT2D eigenvalue weighted by Crippen LogP contribution is -2.49. The van der Waals surface area contributed by atoms with Crippen molar-refractivity contribution in [2.24, 2.45) is 5.92 Å². The monoisotopic (exact) mass is 275 g/mol. The maximum atomic E-state index is 12.0. The number of aliphatic carboxylic acids is 1. The third kappa shape index (κ3) is 3.72. The number of carboxylic acid groups (broad SMARTS) is 1. The van der Waals surface area contributed by atoms with E-state index in [4.69, 9.17) is 10.4 Å². The predicted molar refractivity (Wildman–Crippen MR) is 74.4 cm³/mol. The molecule has 2 N–H and O–H groups in total. The molecule has 20 heavy (non-hydrogen) atoms. The fourth-order valence-electron chi connectivity index (χ4n) is 1.64. The Morgan fingerprint density at radius 3 is 2.55 bits per heavy atom. The lowest BCUT2D eigenvalue weighted by Gasteiger charge is -2.23. The Kier molecular flexibility index (Phi) is 5.09. The van der Waals surface area contributed by atoms with E-state index in [-0.39, 0.29) is 5.92 Å². The van der Waals surface area contributed by atoms with Crippen LogP contribution in [0.25, 0.3) is 0 Å². The molecule has 0 heterocycles. The molecule has 6 nitrogen and oxygen atoms in total. The molecule has 6 heteroatoms. The van der Waals surface area contributed by atoms with Crippen LogP contribution in [0.4, 0.5) is 10.5 Å². The van der Waals surface area contributed by atoms with E-state index in [1.54, 1.807) is 38.1 Å². The first-order valence-electron chi connectivity index (χ1n) is 6.14. The molecular weight excluding hydrogens is 258 g/mol. The summed E-state index contributed by atoms with van der Waals surface area (Å²) in [5, 5.41) is 20.3. The van der Waals surface area contributed by atoms with Gasteiger partial charge in [-0.2, -0.15) is 5.26 Å². The molecule has 0 saturated heterocycles. The van der Waals surface area contributed by atoms with Gasteiger partial charge in [0.2, 0.25) is 0 Å². The molecule has 0 radical (unpaired) electrons. The number of rotatable bonds is 4. The van der Waals surface area contributed by atoms with Crippen molar-refractivity contribution in [3.8, 4) is 6.07 Å². The average Bonchev–Trinajstić information content (AvgIpc) is 2.42. The number of amides is 2. The number of benzene rings is 1. The third-order valence-electron chi connectivity index (χ3n) is 2.88. The zero-order valence-electron chi connectivity index (χ0n) is 11.6. The molecule has 0 aliphatic carbocycles. The summed E-state index contributed by atoms with van der Waals surface area (Å²) in [7, 11) is 1.52. The van der Waals surface area contributed by atoms with Crippen LogP contribution < -0.4 is 10.2 Å². The molecular formula is C14H17N3O3. The molecule has 0 saturated carbocycles. The Labute approximate surface area is 117 Å². The normalized spacial score (nSPS) is 11.6. The maximum absolute atomic E-state index is 12.0. The number of nitrogens with zero attached hydrogens (tertiary/aromatic N) is 2. The summed E-state index contributed by atoms with van der Waals surface area (Å²) in [4.78, 5) is 24.4. The van der Waals surface area contributed by atoms with Gasteiger partial charge >= 0.3 is 12.0 Å². The van der Waals surface area contributed by atoms with Gasteiger partial charge in [-0.15, -0.1) is 0 Å². The maximum Gasteiger partial charge on any atom is 0.326 e. The van der Waals surface area contributed by atoms with Gasteiger partial charge in [-0.3, -0.25) is 4.90 Å². The zero-order chi connectivity index (χ0) is 15.3. The Balaban J connectivity index is 2.86. The number of carbonyl (C=O) groups excluding carboxylic acids is 1. The number of hydrogen-bond donors (Lipinski definition) is 2. The molecule has 1 rings (SSSR count). The molecule has 0 bridgehead atoms. The zero-order valence-corrected chi connectivity index (χ0v) is 11.6. The summed E-state index contributed by atoms with van der Waals surface area (Å²) < 4.78 is 0. The fraction of sp³-hybridized carbons (Fsp3) is 0.357. The standard InChI is InChI=1S/C14H17N3O3/c1-9(2)12(13(18)19)16-14(20)17(3)11-6-4-5-10(7-11)8-15/h4-7,9,12H,1-3H3,(H,16,20)(H,18,19)/t12-/m0/s1. The highest BCUT2D eigenvalue weighted by Crippen LogP contribution is 2.15. The molecule has 0 spiro atoms. The molecule has 1 atom stereocenters. The van der Waals surface area contributed by atoms with Crippen molar-refractivity contribution >= 4 is 17.7 Å². The molecule has 0 fully saturated rings. The minimum absolute atomic E-state index is 0.227. The van der Waals surface area contributed by atoms with Gasteiger partial charge in [0.15, 0.2) is 0 Å². The Morgan fingerprint density at radius 2 is 2.05 bits per heavy atom. The number of carboxylic acids is 1. The van der Waals surface area contributed by atoms with Gasteiger partial charge in [0.05, 0.1) is 11.6 Å². The van der Waals surface area contributed by atoms with Crippen LogP contribution in [0.5, 0.6) is 0 Å². The molecule has 0 aliphatic rings. The number of nitriles is 1. The summed E-state index contributed by atoms with van der Waals surface area (Å²) in [5.41, 5.74) is 0.954. The van der Waals surface area contributed by atoms with Gasteiger partial charge in [0.25, 0.3) is 0 Å². The van der Waals surface area contributed by atoms with Crippen molar-refractivity contribution in [2.45, 2.75) is 19.9 Å². The number of anilines is 1. The van der Waals surface area contributed by atoms with Gasteiger partial charge in [0, 0.05) is 12.7 Å². The molecule has 1 aromatic carbocycles. The van der Waals surface area contributed by atoms with E-state index < -0.39 is 18.0 Å². The van der Waals surface area contributed by atoms with Crippen molar-refractivity contribution in [1.29, 1.82) is 5.26 Å². The third-order valence-corrected chi connectivity index (χ3v) is 2.88. The Morgan fingerprint density at radius 1 is 1.40 bits per heavy atom. The Hall–Kier alpha value is -2.55. The lowest BCUT2D eigenvalue weighted by molar-refractivity contribution is -0.140. The molecule has 2 amide bonds. The SMILES string of the molecule is CC(C)[C@H](NC(=O)N(C)c1cccc(C#N)c1)C(=O)O. The first-order chi connectivity index (χ1) is 9.36. The van der Waals surface area contributed by atoms with Crippen LogP contribution in [0.2, 0.25) is 0 Å². The van der Waals surface area contributed by atoms with Crippen LogP contribution in [0.3, 0.4) is 0 Å². The minimum atomic E-state index is -1.08. The molecule has 0 aliphatic heterocycles. The molecule has 0 aromatic heterocycles. The van der Waals surface area contributed by atoms with Crippen LogP contribution >= 0.6 is 0 Å². The van der Waals surface area contributed by atoms with E-state index in [9.17, 15) is 9.59 Å². The van der Waals surface area contributed by atoms with Gasteiger partial charge in [-0.05, 0) is 24.1 Å². The van der Waals surface area contributed by atoms with E-state index >= 15 is 0 Å². The van der Waals surface area contributed by atoms with Crippen LogP contribution in [-0.4, -0.2) is 30.2 Å². The van der Waals surface area contributed by atoms with E-state index in [1.807, 2.05) is 6.07 Å². The summed E-state index contributed by atoms with van der Waals surface area (Å²) in [6.07, 6.45) is 0. The van der Waals surface area contributed by atoms with Crippen LogP contribution in [0, 0.1) is 17.2 Å². The molecule has 0 unspecified atom stereocenters. The first kappa shape index (κ1) is 15.5. The minimum Gasteiger partial charge on any atom is -0.480 e. The quantitative estimate of drug-likeness (QED) is 0.876. The first-order valence-corrected chi connectivity index (χ1v) is 6.14. The number of urea groups is 1. The Bertz CT molecular complexity index is 549. The van der Waals surface area contributed by atoms with E-state index in [0.29, 0.717) is 11.3 Å². The smallest absolute Gasteiger partial charge is 0.326 e. The van der Waals surface area contributed by atoms with Crippen LogP contribution in [-0.2, 0) is 4.79 Å². The van der Waals surface area contributed by atoms with Crippen LogP contribution in [0.1, 0.15) is 19.4 Å². The highest BCUT2D eigenvalue weighted by Gasteiger charge is 2.25. The van der Waals surface area contributed by atoms with Crippen molar-refractivity contribution < 1.29 is 14.7 Å². The topological polar surface area (TPSA) is 93.4 Å². The van der Waals surface area contributed by atoms with Gasteiger partial charge in [-0.25, -0.2) is 9.59 Å². The predicted octanol–water partition coefficient (Wildman–Crippen LogP) is 1.81. The van der Waals surface area contributed by atoms with Gasteiger partial charge in [-0.1, -0.05) is 19.9 Å². The number of nitrogens with one attached hydrogen (secondary N) is 1. The van der Waals surface area contributed by atoms with Crippen molar-refractivity contribution in [2.75, 3.05) is 11.9 Å². The van der Waals surface area contributed by atoms with Crippen molar-refractivity contribution in [3.05, 3.63) is 29.8 Å². The van der Waals surface area contributed by atoms with Gasteiger partial charge < -0.3 is 10.4 Å². The summed E-state index contributed by atoms with van der Waals surface area (Å²) in [5.74, 6) is -1.30. The summed E-state index contributed by atoms with van der Waals surface area (Å²) in [6.45, 7) is 3.44. The second kappa shape index (κ2) is 6.57. The summed E-state index contributed by atoms with van der Waals surface area (Å²) in [6, 6.07) is 7.03. The van der Waals surface area contributed by atoms with E-state index in [0.717, 1.165) is 0 Å². The molecule has 1 aromatic rings. The second-order valence-corrected chi connectivity index (χ2v) is 4.73. The average molecular weight is 275 g/mol. The highest BCUT2D eigenvalue weighted by atomic mass is 16.4.